The molecule has 2 aromatic rings. The molecule has 0 bridgehead atoms. The van der Waals surface area contributed by atoms with Gasteiger partial charge in [0.05, 0.1) is 0 Å². The van der Waals surface area contributed by atoms with E-state index in [0.717, 1.165) is 25.2 Å². The molecule has 1 unspecified atom stereocenters. The van der Waals surface area contributed by atoms with Gasteiger partial charge in [-0.2, -0.15) is 15.0 Å². The first-order valence-electron chi connectivity index (χ1n) is 7.18. The van der Waals surface area contributed by atoms with Gasteiger partial charge in [0.25, 0.3) is 0 Å². The van der Waals surface area contributed by atoms with Crippen molar-refractivity contribution >= 4 is 29.2 Å². The lowest BCUT2D eigenvalue weighted by atomic mass is 9.94. The van der Waals surface area contributed by atoms with E-state index in [4.69, 9.17) is 11.6 Å². The zero-order valence-corrected chi connectivity index (χ0v) is 12.9. The average Bonchev–Trinajstić information content (AvgIpc) is 2.46. The van der Waals surface area contributed by atoms with Crippen LogP contribution in [0, 0.1) is 5.92 Å². The van der Waals surface area contributed by atoms with Crippen molar-refractivity contribution in [2.75, 3.05) is 23.3 Å². The van der Waals surface area contributed by atoms with Crippen LogP contribution < -0.4 is 10.2 Å². The second-order valence-corrected chi connectivity index (χ2v) is 5.65. The van der Waals surface area contributed by atoms with Gasteiger partial charge in [0.15, 0.2) is 0 Å². The molecule has 0 aliphatic carbocycles. The molecule has 0 saturated carbocycles. The summed E-state index contributed by atoms with van der Waals surface area (Å²) >= 11 is 6.04. The maximum atomic E-state index is 6.04. The Kier molecular flexibility index (Phi) is 3.92. The van der Waals surface area contributed by atoms with Gasteiger partial charge in [-0.05, 0) is 42.5 Å². The van der Waals surface area contributed by atoms with Crippen LogP contribution in [0.2, 0.25) is 5.28 Å². The molecule has 1 aliphatic heterocycles. The van der Waals surface area contributed by atoms with Crippen LogP contribution in [0.5, 0.6) is 0 Å². The molecule has 1 aliphatic rings. The number of hydrogen-bond acceptors (Lipinski definition) is 5. The summed E-state index contributed by atoms with van der Waals surface area (Å²) in [6, 6.07) is 8.37. The van der Waals surface area contributed by atoms with Crippen molar-refractivity contribution in [1.29, 1.82) is 0 Å². The smallest absolute Gasteiger partial charge is 0.236 e. The Balaban J connectivity index is 2.04. The zero-order valence-electron chi connectivity index (χ0n) is 12.2. The number of para-hydroxylation sites is 1. The average molecular weight is 304 g/mol. The maximum absolute atomic E-state index is 6.04. The van der Waals surface area contributed by atoms with E-state index in [2.05, 4.69) is 50.3 Å². The Morgan fingerprint density at radius 2 is 2.10 bits per heavy atom. The fourth-order valence-corrected chi connectivity index (χ4v) is 2.84. The molecule has 2 heterocycles. The summed E-state index contributed by atoms with van der Waals surface area (Å²) in [4.78, 5) is 15.0. The molecular weight excluding hydrogens is 286 g/mol. The molecule has 0 saturated heterocycles. The first-order valence-corrected chi connectivity index (χ1v) is 7.56. The van der Waals surface area contributed by atoms with Gasteiger partial charge < -0.3 is 10.2 Å². The summed E-state index contributed by atoms with van der Waals surface area (Å²) in [5.74, 6) is 1.66. The van der Waals surface area contributed by atoms with Crippen LogP contribution in [-0.4, -0.2) is 28.0 Å². The number of benzene rings is 1. The number of hydrogen-bond donors (Lipinski definition) is 1. The first kappa shape index (κ1) is 14.1. The molecule has 0 spiro atoms. The molecule has 6 heteroatoms. The Labute approximate surface area is 129 Å². The van der Waals surface area contributed by atoms with E-state index in [-0.39, 0.29) is 5.28 Å². The Bertz CT molecular complexity index is 646. The Morgan fingerprint density at radius 3 is 2.90 bits per heavy atom. The molecule has 110 valence electrons. The molecule has 1 atom stereocenters. The largest absolute Gasteiger partial charge is 0.354 e. The minimum atomic E-state index is 0.214. The van der Waals surface area contributed by atoms with Gasteiger partial charge in [-0.15, -0.1) is 0 Å². The predicted octanol–water partition coefficient (Wildman–Crippen LogP) is 3.29. The summed E-state index contributed by atoms with van der Waals surface area (Å²) < 4.78 is 0. The number of halogens is 1. The second-order valence-electron chi connectivity index (χ2n) is 5.31. The van der Waals surface area contributed by atoms with Gasteiger partial charge in [0.2, 0.25) is 17.2 Å². The van der Waals surface area contributed by atoms with Crippen LogP contribution in [-0.2, 0) is 6.42 Å². The Hall–Kier alpha value is -1.88. The highest BCUT2D eigenvalue weighted by Crippen LogP contribution is 2.33. The highest BCUT2D eigenvalue weighted by molar-refractivity contribution is 6.28. The van der Waals surface area contributed by atoms with Gasteiger partial charge in [-0.25, -0.2) is 0 Å². The SMILES string of the molecule is CCNc1nc(Cl)nc(N2CC(C)Cc3ccccc32)n1. The molecule has 1 aromatic heterocycles. The van der Waals surface area contributed by atoms with Crippen molar-refractivity contribution < 1.29 is 0 Å². The highest BCUT2D eigenvalue weighted by atomic mass is 35.5. The fraction of sp³-hybridized carbons (Fsp3) is 0.400. The number of anilines is 3. The molecule has 3 rings (SSSR count). The molecule has 0 amide bonds. The number of rotatable bonds is 3. The lowest BCUT2D eigenvalue weighted by Crippen LogP contribution is -2.32. The standard InChI is InChI=1S/C15H18ClN5/c1-3-17-14-18-13(16)19-15(20-14)21-9-10(2)8-11-6-4-5-7-12(11)21/h4-7,10H,3,8-9H2,1-2H3,(H,17,18,19,20). The van der Waals surface area contributed by atoms with Crippen molar-refractivity contribution in [3.8, 4) is 0 Å². The van der Waals surface area contributed by atoms with E-state index >= 15 is 0 Å². The number of fused-ring (bicyclic) bond motifs is 1. The predicted molar refractivity (Wildman–Crippen MR) is 85.3 cm³/mol. The highest BCUT2D eigenvalue weighted by Gasteiger charge is 2.25. The van der Waals surface area contributed by atoms with E-state index in [1.54, 1.807) is 0 Å². The fourth-order valence-electron chi connectivity index (χ4n) is 2.68. The number of aromatic nitrogens is 3. The molecule has 0 fully saturated rings. The second kappa shape index (κ2) is 5.85. The molecule has 21 heavy (non-hydrogen) atoms. The third-order valence-corrected chi connectivity index (χ3v) is 3.69. The van der Waals surface area contributed by atoms with Gasteiger partial charge in [-0.3, -0.25) is 0 Å². The topological polar surface area (TPSA) is 53.9 Å². The third-order valence-electron chi connectivity index (χ3n) is 3.52. The van der Waals surface area contributed by atoms with E-state index in [9.17, 15) is 0 Å². The minimum Gasteiger partial charge on any atom is -0.354 e. The maximum Gasteiger partial charge on any atom is 0.236 e. The van der Waals surface area contributed by atoms with E-state index < -0.39 is 0 Å². The van der Waals surface area contributed by atoms with Crippen molar-refractivity contribution in [2.45, 2.75) is 20.3 Å². The van der Waals surface area contributed by atoms with Gasteiger partial charge in [0, 0.05) is 18.8 Å². The lowest BCUT2D eigenvalue weighted by molar-refractivity contribution is 0.557. The van der Waals surface area contributed by atoms with Gasteiger partial charge in [0.1, 0.15) is 0 Å². The van der Waals surface area contributed by atoms with E-state index in [1.165, 1.54) is 5.56 Å². The lowest BCUT2D eigenvalue weighted by Gasteiger charge is -2.33. The van der Waals surface area contributed by atoms with Crippen LogP contribution in [0.4, 0.5) is 17.6 Å². The van der Waals surface area contributed by atoms with Crippen molar-refractivity contribution in [2.24, 2.45) is 5.92 Å². The quantitative estimate of drug-likeness (QED) is 0.943. The third kappa shape index (κ3) is 2.93. The van der Waals surface area contributed by atoms with Crippen LogP contribution in [0.15, 0.2) is 24.3 Å². The molecular formula is C15H18ClN5. The normalized spacial score (nSPS) is 17.5. The number of nitrogens with one attached hydrogen (secondary N) is 1. The van der Waals surface area contributed by atoms with Crippen molar-refractivity contribution in [1.82, 2.24) is 15.0 Å². The monoisotopic (exact) mass is 303 g/mol. The minimum absolute atomic E-state index is 0.214. The first-order chi connectivity index (χ1) is 10.2. The summed E-state index contributed by atoms with van der Waals surface area (Å²) in [7, 11) is 0. The van der Waals surface area contributed by atoms with Crippen LogP contribution in [0.1, 0.15) is 19.4 Å². The molecule has 1 aromatic carbocycles. The summed E-state index contributed by atoms with van der Waals surface area (Å²) in [5, 5.41) is 3.30. The van der Waals surface area contributed by atoms with E-state index in [0.29, 0.717) is 17.8 Å². The Morgan fingerprint density at radius 1 is 1.29 bits per heavy atom. The van der Waals surface area contributed by atoms with Crippen molar-refractivity contribution in [3.63, 3.8) is 0 Å². The van der Waals surface area contributed by atoms with Gasteiger partial charge >= 0.3 is 0 Å². The zero-order chi connectivity index (χ0) is 14.8. The summed E-state index contributed by atoms with van der Waals surface area (Å²) in [5.41, 5.74) is 2.47. The van der Waals surface area contributed by atoms with Crippen molar-refractivity contribution in [3.05, 3.63) is 35.1 Å². The van der Waals surface area contributed by atoms with Crippen LogP contribution in [0.3, 0.4) is 0 Å². The van der Waals surface area contributed by atoms with Gasteiger partial charge in [-0.1, -0.05) is 25.1 Å². The van der Waals surface area contributed by atoms with E-state index in [1.807, 2.05) is 13.0 Å². The summed E-state index contributed by atoms with van der Waals surface area (Å²) in [6.07, 6.45) is 1.07. The van der Waals surface area contributed by atoms with Crippen LogP contribution in [0.25, 0.3) is 0 Å². The van der Waals surface area contributed by atoms with Crippen LogP contribution >= 0.6 is 11.6 Å². The summed E-state index contributed by atoms with van der Waals surface area (Å²) in [6.45, 7) is 5.85. The molecule has 5 nitrogen and oxygen atoms in total. The molecule has 1 N–H and O–H groups in total. The molecule has 0 radical (unpaired) electrons. The number of nitrogens with zero attached hydrogens (tertiary/aromatic N) is 4.